The molecular formula is C16H23N5O2. The second kappa shape index (κ2) is 5.33. The van der Waals surface area contributed by atoms with E-state index in [2.05, 4.69) is 27.0 Å². The molecule has 23 heavy (non-hydrogen) atoms. The van der Waals surface area contributed by atoms with E-state index in [1.165, 1.54) is 17.2 Å². The Labute approximate surface area is 134 Å². The van der Waals surface area contributed by atoms with Crippen LogP contribution in [0.25, 0.3) is 5.78 Å². The molecule has 0 amide bonds. The van der Waals surface area contributed by atoms with Gasteiger partial charge in [0.05, 0.1) is 12.7 Å². The highest BCUT2D eigenvalue weighted by Crippen LogP contribution is 2.45. The lowest BCUT2D eigenvalue weighted by Gasteiger charge is -2.33. The molecule has 1 saturated carbocycles. The van der Waals surface area contributed by atoms with Crippen LogP contribution in [0.3, 0.4) is 0 Å². The zero-order valence-corrected chi connectivity index (χ0v) is 13.7. The minimum Gasteiger partial charge on any atom is -0.378 e. The molecule has 1 aliphatic heterocycles. The first-order valence-corrected chi connectivity index (χ1v) is 8.35. The number of H-pyrrole nitrogens is 1. The number of nitrogens with one attached hydrogen (secondary N) is 1. The molecule has 2 aromatic heterocycles. The van der Waals surface area contributed by atoms with Gasteiger partial charge in [0, 0.05) is 24.8 Å². The molecule has 2 aromatic rings. The Kier molecular flexibility index (Phi) is 3.41. The van der Waals surface area contributed by atoms with E-state index in [9.17, 15) is 4.79 Å². The Bertz CT molecular complexity index is 768. The molecular weight excluding hydrogens is 294 g/mol. The van der Waals surface area contributed by atoms with Crippen molar-refractivity contribution >= 4 is 11.6 Å². The van der Waals surface area contributed by atoms with E-state index in [0.29, 0.717) is 17.3 Å². The summed E-state index contributed by atoms with van der Waals surface area (Å²) in [6.45, 7) is 7.05. The van der Waals surface area contributed by atoms with E-state index in [1.54, 1.807) is 6.20 Å². The average Bonchev–Trinajstić information content (AvgIpc) is 3.19. The van der Waals surface area contributed by atoms with Gasteiger partial charge in [0.1, 0.15) is 5.82 Å². The van der Waals surface area contributed by atoms with Crippen LogP contribution in [-0.2, 0) is 4.74 Å². The highest BCUT2D eigenvalue weighted by molar-refractivity contribution is 5.50. The second-order valence-corrected chi connectivity index (χ2v) is 7.25. The highest BCUT2D eigenvalue weighted by atomic mass is 16.5. The summed E-state index contributed by atoms with van der Waals surface area (Å²) in [5.74, 6) is 1.35. The number of aromatic amines is 1. The number of nitrogens with zero attached hydrogens (tertiary/aromatic N) is 4. The lowest BCUT2D eigenvalue weighted by atomic mass is 10.1. The first kappa shape index (κ1) is 14.7. The van der Waals surface area contributed by atoms with Gasteiger partial charge in [-0.15, -0.1) is 5.10 Å². The van der Waals surface area contributed by atoms with E-state index >= 15 is 0 Å². The fourth-order valence-corrected chi connectivity index (χ4v) is 3.16. The lowest BCUT2D eigenvalue weighted by molar-refractivity contribution is 0.0127. The van der Waals surface area contributed by atoms with E-state index in [0.717, 1.165) is 43.9 Å². The molecule has 124 valence electrons. The van der Waals surface area contributed by atoms with Crippen LogP contribution in [0, 0.1) is 12.3 Å². The second-order valence-electron chi connectivity index (χ2n) is 7.25. The topological polar surface area (TPSA) is 75.5 Å². The molecule has 4 rings (SSSR count). The van der Waals surface area contributed by atoms with Gasteiger partial charge in [0.25, 0.3) is 5.78 Å². The number of aryl methyl sites for hydroxylation is 1. The van der Waals surface area contributed by atoms with Crippen LogP contribution in [0.15, 0.2) is 11.0 Å². The molecule has 2 fully saturated rings. The van der Waals surface area contributed by atoms with E-state index in [1.807, 2.05) is 6.92 Å². The fourth-order valence-electron chi connectivity index (χ4n) is 3.16. The number of piperidine rings is 1. The summed E-state index contributed by atoms with van der Waals surface area (Å²) in [7, 11) is 0. The van der Waals surface area contributed by atoms with Gasteiger partial charge < -0.3 is 9.64 Å². The van der Waals surface area contributed by atoms with Crippen molar-refractivity contribution in [1.82, 2.24) is 19.6 Å². The maximum atomic E-state index is 11.6. The average molecular weight is 317 g/mol. The van der Waals surface area contributed by atoms with Crippen LogP contribution in [0.2, 0.25) is 0 Å². The third-order valence-corrected chi connectivity index (χ3v) is 5.08. The molecule has 0 spiro atoms. The zero-order valence-electron chi connectivity index (χ0n) is 13.7. The smallest absolute Gasteiger partial charge is 0.348 e. The summed E-state index contributed by atoms with van der Waals surface area (Å²) in [5, 5.41) is 6.39. The molecule has 0 atom stereocenters. The number of hydrogen-bond donors (Lipinski definition) is 1. The first-order chi connectivity index (χ1) is 11.0. The van der Waals surface area contributed by atoms with Crippen LogP contribution in [0.4, 0.5) is 5.82 Å². The van der Waals surface area contributed by atoms with Gasteiger partial charge in [-0.1, -0.05) is 6.92 Å². The number of ether oxygens (including phenoxy) is 1. The van der Waals surface area contributed by atoms with Crippen LogP contribution < -0.4 is 10.6 Å². The molecule has 0 unspecified atom stereocenters. The van der Waals surface area contributed by atoms with Crippen LogP contribution in [0.5, 0.6) is 0 Å². The van der Waals surface area contributed by atoms with Gasteiger partial charge in [-0.3, -0.25) is 0 Å². The third-order valence-electron chi connectivity index (χ3n) is 5.08. The Morgan fingerprint density at radius 2 is 2.13 bits per heavy atom. The van der Waals surface area contributed by atoms with Crippen molar-refractivity contribution in [3.8, 4) is 0 Å². The van der Waals surface area contributed by atoms with Crippen molar-refractivity contribution in [2.75, 3.05) is 24.6 Å². The molecule has 0 bridgehead atoms. The van der Waals surface area contributed by atoms with Crippen LogP contribution in [0.1, 0.15) is 38.2 Å². The van der Waals surface area contributed by atoms with Crippen molar-refractivity contribution in [2.45, 2.75) is 45.6 Å². The molecule has 1 aliphatic carbocycles. The highest BCUT2D eigenvalue weighted by Gasteiger charge is 2.38. The number of fused-ring (bicyclic) bond motifs is 1. The summed E-state index contributed by atoms with van der Waals surface area (Å²) in [6.07, 6.45) is 6.82. The molecule has 0 aromatic carbocycles. The predicted molar refractivity (Wildman–Crippen MR) is 86.9 cm³/mol. The Morgan fingerprint density at radius 1 is 1.39 bits per heavy atom. The van der Waals surface area contributed by atoms with Crippen molar-refractivity contribution in [2.24, 2.45) is 5.41 Å². The lowest BCUT2D eigenvalue weighted by Crippen LogP contribution is -2.38. The monoisotopic (exact) mass is 317 g/mol. The number of rotatable bonds is 4. The minimum atomic E-state index is -0.247. The quantitative estimate of drug-likeness (QED) is 0.925. The van der Waals surface area contributed by atoms with Crippen molar-refractivity contribution < 1.29 is 4.74 Å². The number of anilines is 1. The molecule has 1 N–H and O–H groups in total. The maximum Gasteiger partial charge on any atom is 0.348 e. The van der Waals surface area contributed by atoms with Crippen LogP contribution in [-0.4, -0.2) is 45.4 Å². The van der Waals surface area contributed by atoms with Gasteiger partial charge in [0.2, 0.25) is 0 Å². The summed E-state index contributed by atoms with van der Waals surface area (Å²) in [6, 6.07) is 0. The van der Waals surface area contributed by atoms with Crippen LogP contribution >= 0.6 is 0 Å². The van der Waals surface area contributed by atoms with Crippen molar-refractivity contribution in [1.29, 1.82) is 0 Å². The van der Waals surface area contributed by atoms with Gasteiger partial charge in [-0.25, -0.2) is 14.3 Å². The van der Waals surface area contributed by atoms with Gasteiger partial charge in [-0.05, 0) is 38.0 Å². The van der Waals surface area contributed by atoms with Gasteiger partial charge in [-0.2, -0.15) is 4.98 Å². The predicted octanol–water partition coefficient (Wildman–Crippen LogP) is 1.51. The summed E-state index contributed by atoms with van der Waals surface area (Å²) >= 11 is 0. The normalized spacial score (nSPS) is 21.0. The van der Waals surface area contributed by atoms with E-state index < -0.39 is 0 Å². The van der Waals surface area contributed by atoms with Gasteiger partial charge in [0.15, 0.2) is 0 Å². The molecule has 0 radical (unpaired) electrons. The molecule has 1 saturated heterocycles. The summed E-state index contributed by atoms with van der Waals surface area (Å²) in [4.78, 5) is 18.4. The number of aromatic nitrogens is 4. The largest absolute Gasteiger partial charge is 0.378 e. The van der Waals surface area contributed by atoms with Gasteiger partial charge >= 0.3 is 5.69 Å². The Morgan fingerprint density at radius 3 is 2.83 bits per heavy atom. The molecule has 3 heterocycles. The minimum absolute atomic E-state index is 0.247. The van der Waals surface area contributed by atoms with Crippen molar-refractivity contribution in [3.63, 3.8) is 0 Å². The standard InChI is InChI=1S/C16H23N5O2/c1-11-9-21-14(18-19-15(21)22)17-13(11)20-7-3-12(4-8-20)23-10-16(2)5-6-16/h9,12H,3-8,10H2,1-2H3,(H,19,22). The third kappa shape index (κ3) is 2.85. The number of hydrogen-bond acceptors (Lipinski definition) is 5. The molecule has 7 nitrogen and oxygen atoms in total. The SMILES string of the molecule is Cc1cn2c(=O)[nH]nc2nc1N1CCC(OCC2(C)CC2)CC1. The summed E-state index contributed by atoms with van der Waals surface area (Å²) in [5.41, 5.74) is 1.20. The fraction of sp³-hybridized carbons (Fsp3) is 0.688. The Balaban J connectivity index is 1.43. The summed E-state index contributed by atoms with van der Waals surface area (Å²) < 4.78 is 7.54. The van der Waals surface area contributed by atoms with E-state index in [-0.39, 0.29) is 5.69 Å². The molecule has 2 aliphatic rings. The van der Waals surface area contributed by atoms with E-state index in [4.69, 9.17) is 4.74 Å². The molecule has 7 heteroatoms. The Hall–Kier alpha value is -1.89. The first-order valence-electron chi connectivity index (χ1n) is 8.35. The maximum absolute atomic E-state index is 11.6. The zero-order chi connectivity index (χ0) is 16.0. The van der Waals surface area contributed by atoms with Crippen molar-refractivity contribution in [3.05, 3.63) is 22.2 Å².